The van der Waals surface area contributed by atoms with Gasteiger partial charge >= 0.3 is 6.09 Å². The van der Waals surface area contributed by atoms with Crippen LogP contribution in [0.2, 0.25) is 0 Å². The predicted molar refractivity (Wildman–Crippen MR) is 150 cm³/mol. The Morgan fingerprint density at radius 2 is 1.90 bits per heavy atom. The lowest BCUT2D eigenvalue weighted by atomic mass is 9.46. The number of rotatable bonds is 5. The summed E-state index contributed by atoms with van der Waals surface area (Å²) in [5.41, 5.74) is 9.87. The fourth-order valence-electron chi connectivity index (χ4n) is 8.23. The van der Waals surface area contributed by atoms with Gasteiger partial charge in [-0.25, -0.2) is 4.79 Å². The Morgan fingerprint density at radius 3 is 2.72 bits per heavy atom. The Kier molecular flexibility index (Phi) is 5.78. The molecule has 4 unspecified atom stereocenters. The first-order chi connectivity index (χ1) is 18.8. The predicted octanol–water partition coefficient (Wildman–Crippen LogP) is 5.21. The maximum Gasteiger partial charge on any atom is 0.411 e. The number of aromatic amines is 1. The first-order valence-electron chi connectivity index (χ1n) is 14.5. The van der Waals surface area contributed by atoms with Crippen LogP contribution in [0.3, 0.4) is 0 Å². The normalized spacial score (nSPS) is 31.6. The number of H-pyrrole nitrogens is 1. The highest BCUT2D eigenvalue weighted by molar-refractivity contribution is 5.93. The molecule has 4 aliphatic carbocycles. The van der Waals surface area contributed by atoms with Gasteiger partial charge in [0.1, 0.15) is 11.6 Å². The topological polar surface area (TPSA) is 100 Å². The first kappa shape index (κ1) is 24.7. The van der Waals surface area contributed by atoms with Gasteiger partial charge in [0.05, 0.1) is 6.54 Å². The van der Waals surface area contributed by atoms with Crippen LogP contribution in [0.15, 0.2) is 54.6 Å². The van der Waals surface area contributed by atoms with Crippen LogP contribution < -0.4 is 11.1 Å². The summed E-state index contributed by atoms with van der Waals surface area (Å²) < 4.78 is 6.28. The van der Waals surface area contributed by atoms with Crippen molar-refractivity contribution >= 4 is 22.9 Å². The number of carbonyl (C=O) groups is 2. The summed E-state index contributed by atoms with van der Waals surface area (Å²) >= 11 is 0. The van der Waals surface area contributed by atoms with Crippen molar-refractivity contribution in [3.63, 3.8) is 0 Å². The number of ether oxygens (including phenoxy) is 1. The van der Waals surface area contributed by atoms with Gasteiger partial charge in [0.15, 0.2) is 0 Å². The van der Waals surface area contributed by atoms with Gasteiger partial charge in [-0.05, 0) is 79.9 Å². The minimum atomic E-state index is -1.10. The third-order valence-corrected chi connectivity index (χ3v) is 10.3. The molecule has 1 aliphatic heterocycles. The lowest BCUT2D eigenvalue weighted by Gasteiger charge is -2.60. The van der Waals surface area contributed by atoms with Crippen molar-refractivity contribution in [1.82, 2.24) is 15.2 Å². The molecular weight excluding hydrogens is 488 g/mol. The minimum Gasteiger partial charge on any atom is -0.446 e. The SMILES string of the molecule is CC1(C(=O)NCC(N)c2ccccc2)Cc2c([nH]c3ccccc23)CN1C(=O)OC1CCC23CC(CC1C2)C3. The number of amides is 2. The van der Waals surface area contributed by atoms with Crippen molar-refractivity contribution in [3.05, 3.63) is 71.4 Å². The summed E-state index contributed by atoms with van der Waals surface area (Å²) in [7, 11) is 0. The Morgan fingerprint density at radius 1 is 1.13 bits per heavy atom. The van der Waals surface area contributed by atoms with E-state index < -0.39 is 5.54 Å². The smallest absolute Gasteiger partial charge is 0.411 e. The molecule has 0 saturated heterocycles. The quantitative estimate of drug-likeness (QED) is 0.425. The maximum absolute atomic E-state index is 13.9. The van der Waals surface area contributed by atoms with Crippen LogP contribution in [-0.4, -0.2) is 40.1 Å². The molecule has 4 fully saturated rings. The van der Waals surface area contributed by atoms with E-state index in [0.717, 1.165) is 46.5 Å². The molecule has 4 atom stereocenters. The van der Waals surface area contributed by atoms with Gasteiger partial charge < -0.3 is 20.8 Å². The van der Waals surface area contributed by atoms with E-state index in [0.29, 0.717) is 24.3 Å². The van der Waals surface area contributed by atoms with Gasteiger partial charge in [-0.15, -0.1) is 0 Å². The number of hydrogen-bond donors (Lipinski definition) is 3. The lowest BCUT2D eigenvalue weighted by Crippen LogP contribution is -2.63. The molecule has 8 rings (SSSR count). The van der Waals surface area contributed by atoms with E-state index in [1.807, 2.05) is 55.5 Å². The number of nitrogens with two attached hydrogens (primary N) is 1. The van der Waals surface area contributed by atoms with E-state index >= 15 is 0 Å². The van der Waals surface area contributed by atoms with E-state index in [2.05, 4.69) is 16.4 Å². The largest absolute Gasteiger partial charge is 0.446 e. The van der Waals surface area contributed by atoms with Crippen molar-refractivity contribution in [1.29, 1.82) is 0 Å². The number of para-hydroxylation sites is 1. The summed E-state index contributed by atoms with van der Waals surface area (Å²) in [5.74, 6) is 1.05. The summed E-state index contributed by atoms with van der Waals surface area (Å²) in [6.45, 7) is 2.46. The van der Waals surface area contributed by atoms with Crippen molar-refractivity contribution in [3.8, 4) is 0 Å². The fourth-order valence-corrected chi connectivity index (χ4v) is 8.23. The molecule has 7 nitrogen and oxygen atoms in total. The van der Waals surface area contributed by atoms with Crippen molar-refractivity contribution in [2.24, 2.45) is 23.0 Å². The van der Waals surface area contributed by atoms with Crippen LogP contribution in [0, 0.1) is 17.3 Å². The van der Waals surface area contributed by atoms with Crippen LogP contribution in [0.5, 0.6) is 0 Å². The Labute approximate surface area is 229 Å². The molecule has 1 aromatic heterocycles. The van der Waals surface area contributed by atoms with Crippen LogP contribution in [0.25, 0.3) is 10.9 Å². The number of hydrogen-bond acceptors (Lipinski definition) is 4. The average molecular weight is 527 g/mol. The Balaban J connectivity index is 1.14. The molecule has 39 heavy (non-hydrogen) atoms. The maximum atomic E-state index is 13.9. The number of benzene rings is 2. The second kappa shape index (κ2) is 9.12. The van der Waals surface area contributed by atoms with E-state index in [4.69, 9.17) is 10.5 Å². The third-order valence-electron chi connectivity index (χ3n) is 10.3. The van der Waals surface area contributed by atoms with Crippen molar-refractivity contribution in [2.45, 2.75) is 76.1 Å². The molecule has 7 heteroatoms. The van der Waals surface area contributed by atoms with Gasteiger partial charge in [0.2, 0.25) is 5.91 Å². The molecule has 4 N–H and O–H groups in total. The van der Waals surface area contributed by atoms with Crippen molar-refractivity contribution < 1.29 is 14.3 Å². The molecule has 0 radical (unpaired) electrons. The van der Waals surface area contributed by atoms with E-state index in [1.54, 1.807) is 4.90 Å². The molecule has 3 bridgehead atoms. The Bertz CT molecular complexity index is 1410. The number of nitrogens with one attached hydrogen (secondary N) is 2. The van der Waals surface area contributed by atoms with Gasteiger partial charge in [0.25, 0.3) is 0 Å². The van der Waals surface area contributed by atoms with Crippen LogP contribution in [-0.2, 0) is 22.5 Å². The van der Waals surface area contributed by atoms with Crippen LogP contribution in [0.4, 0.5) is 4.79 Å². The standard InChI is InChI=1S/C32H38N4O3/c1-31(29(37)34-18-25(33)21-7-3-2-4-8-21)17-24-23-9-5-6-10-26(23)35-27(24)19-36(31)30(38)39-28-11-12-32-14-20(15-32)13-22(28)16-32/h2-10,20,22,25,28,35H,11-19,33H2,1H3,(H,34,37). The number of nitrogens with zero attached hydrogens (tertiary/aromatic N) is 1. The second-order valence-corrected chi connectivity index (χ2v) is 12.8. The molecule has 1 spiro atoms. The monoisotopic (exact) mass is 526 g/mol. The zero-order valence-electron chi connectivity index (χ0n) is 22.6. The lowest BCUT2D eigenvalue weighted by molar-refractivity contribution is -0.138. The number of fused-ring (bicyclic) bond motifs is 3. The third kappa shape index (κ3) is 4.13. The highest BCUT2D eigenvalue weighted by Gasteiger charge is 2.56. The van der Waals surface area contributed by atoms with E-state index in [1.165, 1.54) is 25.7 Å². The summed E-state index contributed by atoms with van der Waals surface area (Å²) in [6.07, 6.45) is 7.13. The summed E-state index contributed by atoms with van der Waals surface area (Å²) in [6, 6.07) is 17.6. The molecule has 2 heterocycles. The molecule has 5 aliphatic rings. The molecular formula is C32H38N4O3. The van der Waals surface area contributed by atoms with Gasteiger partial charge in [-0.2, -0.15) is 0 Å². The zero-order chi connectivity index (χ0) is 26.8. The van der Waals surface area contributed by atoms with E-state index in [9.17, 15) is 9.59 Å². The van der Waals surface area contributed by atoms with Gasteiger partial charge in [-0.1, -0.05) is 48.5 Å². The number of carbonyl (C=O) groups excluding carboxylic acids is 2. The van der Waals surface area contributed by atoms with Crippen LogP contribution in [0.1, 0.15) is 68.3 Å². The number of aromatic nitrogens is 1. The van der Waals surface area contributed by atoms with Gasteiger partial charge in [-0.3, -0.25) is 9.69 Å². The molecule has 2 amide bonds. The zero-order valence-corrected chi connectivity index (χ0v) is 22.6. The summed E-state index contributed by atoms with van der Waals surface area (Å²) in [4.78, 5) is 33.0. The molecule has 2 aromatic carbocycles. The minimum absolute atomic E-state index is 0.0587. The van der Waals surface area contributed by atoms with Crippen LogP contribution >= 0.6 is 0 Å². The fraction of sp³-hybridized carbons (Fsp3) is 0.500. The highest BCUT2D eigenvalue weighted by atomic mass is 16.6. The second-order valence-electron chi connectivity index (χ2n) is 12.8. The highest BCUT2D eigenvalue weighted by Crippen LogP contribution is 2.63. The van der Waals surface area contributed by atoms with Gasteiger partial charge in [0, 0.05) is 35.6 Å². The average Bonchev–Trinajstić information content (AvgIpc) is 3.29. The Hall–Kier alpha value is -3.32. The molecule has 204 valence electrons. The molecule has 4 saturated carbocycles. The molecule has 3 aromatic rings. The van der Waals surface area contributed by atoms with E-state index in [-0.39, 0.29) is 30.7 Å². The summed E-state index contributed by atoms with van der Waals surface area (Å²) in [5, 5.41) is 4.17. The first-order valence-corrected chi connectivity index (χ1v) is 14.5. The van der Waals surface area contributed by atoms with Crippen molar-refractivity contribution in [2.75, 3.05) is 6.54 Å².